The Morgan fingerprint density at radius 3 is 2.79 bits per heavy atom. The first-order valence-electron chi connectivity index (χ1n) is 7.10. The van der Waals surface area contributed by atoms with Crippen LogP contribution in [-0.4, -0.2) is 33.5 Å². The molecule has 2 aliphatic carbocycles. The standard InChI is InChI=1S/C15H22O4/c1-8-4-7-15(18)11(8)12-10(5-6-14(15,3)17)9(2)13(16)19-12/h4,9-12,17-18H,5-7H2,1-3H3/t9-,10+,11+,12-,14-,15+/m1/s1. The minimum absolute atomic E-state index is 0.0967. The van der Waals surface area contributed by atoms with Crippen LogP contribution < -0.4 is 0 Å². The summed E-state index contributed by atoms with van der Waals surface area (Å²) in [6.45, 7) is 5.55. The van der Waals surface area contributed by atoms with Gasteiger partial charge in [-0.2, -0.15) is 0 Å². The SMILES string of the molecule is CC1=CC[C@]2(O)[C@@H]1[C@@H]1OC(=O)[C@H](C)[C@@H]1CC[C@@]2(C)O. The maximum absolute atomic E-state index is 11.8. The Labute approximate surface area is 113 Å². The molecule has 1 saturated carbocycles. The smallest absolute Gasteiger partial charge is 0.309 e. The van der Waals surface area contributed by atoms with Gasteiger partial charge in [-0.3, -0.25) is 4.79 Å². The molecule has 1 heterocycles. The van der Waals surface area contributed by atoms with Crippen LogP contribution in [0.15, 0.2) is 11.6 Å². The zero-order valence-corrected chi connectivity index (χ0v) is 11.7. The van der Waals surface area contributed by atoms with Gasteiger partial charge in [-0.1, -0.05) is 18.6 Å². The third kappa shape index (κ3) is 1.56. The summed E-state index contributed by atoms with van der Waals surface area (Å²) in [4.78, 5) is 11.8. The predicted octanol–water partition coefficient (Wildman–Crippen LogP) is 1.41. The number of esters is 1. The molecule has 106 valence electrons. The molecular weight excluding hydrogens is 244 g/mol. The Kier molecular flexibility index (Phi) is 2.64. The van der Waals surface area contributed by atoms with Gasteiger partial charge in [0.15, 0.2) is 0 Å². The first kappa shape index (κ1) is 13.1. The van der Waals surface area contributed by atoms with E-state index in [1.807, 2.05) is 19.9 Å². The molecule has 1 saturated heterocycles. The van der Waals surface area contributed by atoms with Crippen LogP contribution in [-0.2, 0) is 9.53 Å². The second kappa shape index (κ2) is 3.83. The summed E-state index contributed by atoms with van der Waals surface area (Å²) in [5, 5.41) is 21.7. The first-order valence-corrected chi connectivity index (χ1v) is 7.10. The van der Waals surface area contributed by atoms with Crippen molar-refractivity contribution in [3.63, 3.8) is 0 Å². The van der Waals surface area contributed by atoms with Gasteiger partial charge in [0.25, 0.3) is 0 Å². The van der Waals surface area contributed by atoms with Gasteiger partial charge in [0.1, 0.15) is 11.7 Å². The van der Waals surface area contributed by atoms with Crippen LogP contribution in [0.2, 0.25) is 0 Å². The summed E-state index contributed by atoms with van der Waals surface area (Å²) in [5.41, 5.74) is -1.31. The highest BCUT2D eigenvalue weighted by Crippen LogP contribution is 2.54. The van der Waals surface area contributed by atoms with E-state index >= 15 is 0 Å². The van der Waals surface area contributed by atoms with E-state index in [-0.39, 0.29) is 29.8 Å². The van der Waals surface area contributed by atoms with Crippen LogP contribution in [0.25, 0.3) is 0 Å². The molecule has 3 rings (SSSR count). The normalized spacial score (nSPS) is 53.1. The van der Waals surface area contributed by atoms with Gasteiger partial charge in [-0.15, -0.1) is 0 Å². The molecule has 6 atom stereocenters. The predicted molar refractivity (Wildman–Crippen MR) is 69.2 cm³/mol. The van der Waals surface area contributed by atoms with Gasteiger partial charge in [0.2, 0.25) is 0 Å². The molecule has 4 nitrogen and oxygen atoms in total. The molecule has 2 N–H and O–H groups in total. The second-order valence-electron chi connectivity index (χ2n) is 6.72. The number of hydrogen-bond donors (Lipinski definition) is 2. The van der Waals surface area contributed by atoms with Crippen LogP contribution in [0.1, 0.15) is 40.0 Å². The third-order valence-electron chi connectivity index (χ3n) is 5.65. The maximum atomic E-state index is 11.8. The molecule has 4 heteroatoms. The lowest BCUT2D eigenvalue weighted by Gasteiger charge is -2.43. The maximum Gasteiger partial charge on any atom is 0.309 e. The number of aliphatic hydroxyl groups is 2. The van der Waals surface area contributed by atoms with Crippen molar-refractivity contribution in [1.29, 1.82) is 0 Å². The lowest BCUT2D eigenvalue weighted by molar-refractivity contribution is -0.176. The summed E-state index contributed by atoms with van der Waals surface area (Å²) in [7, 11) is 0. The minimum atomic E-state index is -1.21. The van der Waals surface area contributed by atoms with Gasteiger partial charge in [-0.05, 0) is 33.1 Å². The Morgan fingerprint density at radius 1 is 1.42 bits per heavy atom. The van der Waals surface area contributed by atoms with Crippen LogP contribution in [0.3, 0.4) is 0 Å². The molecule has 0 amide bonds. The highest BCUT2D eigenvalue weighted by molar-refractivity contribution is 5.75. The average molecular weight is 266 g/mol. The van der Waals surface area contributed by atoms with Crippen molar-refractivity contribution in [2.45, 2.75) is 57.3 Å². The van der Waals surface area contributed by atoms with Gasteiger partial charge in [-0.25, -0.2) is 0 Å². The zero-order valence-electron chi connectivity index (χ0n) is 11.7. The quantitative estimate of drug-likeness (QED) is 0.514. The largest absolute Gasteiger partial charge is 0.461 e. The van der Waals surface area contributed by atoms with Gasteiger partial charge in [0.05, 0.1) is 11.5 Å². The average Bonchev–Trinajstić information content (AvgIpc) is 2.75. The number of rotatable bonds is 0. The Bertz CT molecular complexity index is 453. The molecule has 0 aromatic carbocycles. The fourth-order valence-electron chi connectivity index (χ4n) is 4.21. The monoisotopic (exact) mass is 266 g/mol. The highest BCUT2D eigenvalue weighted by Gasteiger charge is 2.62. The Morgan fingerprint density at radius 2 is 2.11 bits per heavy atom. The number of carbonyl (C=O) groups is 1. The van der Waals surface area contributed by atoms with Crippen molar-refractivity contribution in [1.82, 2.24) is 0 Å². The van der Waals surface area contributed by atoms with Crippen molar-refractivity contribution in [2.75, 3.05) is 0 Å². The van der Waals surface area contributed by atoms with Gasteiger partial charge < -0.3 is 14.9 Å². The van der Waals surface area contributed by atoms with E-state index in [2.05, 4.69) is 0 Å². The molecule has 3 aliphatic rings. The first-order chi connectivity index (χ1) is 8.78. The molecule has 19 heavy (non-hydrogen) atoms. The van der Waals surface area contributed by atoms with Crippen LogP contribution in [0, 0.1) is 17.8 Å². The Balaban J connectivity index is 2.06. The van der Waals surface area contributed by atoms with E-state index in [1.165, 1.54) is 0 Å². The lowest BCUT2D eigenvalue weighted by Crippen LogP contribution is -2.56. The van der Waals surface area contributed by atoms with Crippen LogP contribution in [0.4, 0.5) is 0 Å². The summed E-state index contributed by atoms with van der Waals surface area (Å²) >= 11 is 0. The van der Waals surface area contributed by atoms with Gasteiger partial charge in [0, 0.05) is 11.8 Å². The van der Waals surface area contributed by atoms with Crippen molar-refractivity contribution in [2.24, 2.45) is 17.8 Å². The highest BCUT2D eigenvalue weighted by atomic mass is 16.6. The topological polar surface area (TPSA) is 66.8 Å². The van der Waals surface area contributed by atoms with E-state index in [0.29, 0.717) is 12.8 Å². The fraction of sp³-hybridized carbons (Fsp3) is 0.800. The molecule has 0 unspecified atom stereocenters. The van der Waals surface area contributed by atoms with Crippen LogP contribution in [0.5, 0.6) is 0 Å². The van der Waals surface area contributed by atoms with Crippen molar-refractivity contribution in [3.05, 3.63) is 11.6 Å². The minimum Gasteiger partial charge on any atom is -0.461 e. The van der Waals surface area contributed by atoms with Crippen LogP contribution >= 0.6 is 0 Å². The van der Waals surface area contributed by atoms with E-state index in [4.69, 9.17) is 4.74 Å². The molecule has 0 bridgehead atoms. The number of fused-ring (bicyclic) bond motifs is 3. The number of carbonyl (C=O) groups excluding carboxylic acids is 1. The van der Waals surface area contributed by atoms with Gasteiger partial charge >= 0.3 is 5.97 Å². The molecule has 2 fully saturated rings. The summed E-state index contributed by atoms with van der Waals surface area (Å²) < 4.78 is 5.55. The summed E-state index contributed by atoms with van der Waals surface area (Å²) in [6.07, 6.45) is 3.34. The molecule has 1 aliphatic heterocycles. The second-order valence-corrected chi connectivity index (χ2v) is 6.72. The van der Waals surface area contributed by atoms with Crippen molar-refractivity contribution in [3.8, 4) is 0 Å². The molecule has 0 aromatic rings. The molecule has 0 spiro atoms. The zero-order chi connectivity index (χ0) is 14.0. The molecular formula is C15H22O4. The number of ether oxygens (including phenoxy) is 1. The number of hydrogen-bond acceptors (Lipinski definition) is 4. The summed E-state index contributed by atoms with van der Waals surface area (Å²) in [6, 6.07) is 0. The van der Waals surface area contributed by atoms with E-state index < -0.39 is 11.2 Å². The van der Waals surface area contributed by atoms with Crippen molar-refractivity contribution < 1.29 is 19.7 Å². The third-order valence-corrected chi connectivity index (χ3v) is 5.65. The van der Waals surface area contributed by atoms with E-state index in [0.717, 1.165) is 12.0 Å². The Hall–Kier alpha value is -0.870. The molecule has 0 radical (unpaired) electrons. The fourth-order valence-corrected chi connectivity index (χ4v) is 4.21. The van der Waals surface area contributed by atoms with E-state index in [9.17, 15) is 15.0 Å². The lowest BCUT2D eigenvalue weighted by atomic mass is 9.72. The molecule has 0 aromatic heterocycles. The van der Waals surface area contributed by atoms with E-state index in [1.54, 1.807) is 6.92 Å². The van der Waals surface area contributed by atoms with Crippen molar-refractivity contribution >= 4 is 5.97 Å². The summed E-state index contributed by atoms with van der Waals surface area (Å²) in [5.74, 6) is -0.488.